The molecule has 0 spiro atoms. The average Bonchev–Trinajstić information content (AvgIpc) is 2.28. The standard InChI is InChI=1S/C11H10ClFO2/c12-6-9(14)10-5-4-7-2-1-3-8(13)11(7)15-10/h1-3,10H,4-6H2. The van der Waals surface area contributed by atoms with E-state index >= 15 is 0 Å². The maximum atomic E-state index is 13.3. The Kier molecular flexibility index (Phi) is 2.91. The van der Waals surface area contributed by atoms with Crippen LogP contribution in [0.4, 0.5) is 4.39 Å². The number of aryl methyl sites for hydroxylation is 1. The fraction of sp³-hybridized carbons (Fsp3) is 0.364. The van der Waals surface area contributed by atoms with E-state index in [-0.39, 0.29) is 17.4 Å². The molecule has 0 bridgehead atoms. The lowest BCUT2D eigenvalue weighted by atomic mass is 10.0. The molecule has 1 heterocycles. The Morgan fingerprint density at radius 2 is 2.40 bits per heavy atom. The third-order valence-electron chi connectivity index (χ3n) is 2.48. The summed E-state index contributed by atoms with van der Waals surface area (Å²) in [4.78, 5) is 11.3. The van der Waals surface area contributed by atoms with Gasteiger partial charge in [0.25, 0.3) is 0 Å². The van der Waals surface area contributed by atoms with Crippen molar-refractivity contribution in [1.29, 1.82) is 0 Å². The van der Waals surface area contributed by atoms with E-state index in [1.54, 1.807) is 12.1 Å². The van der Waals surface area contributed by atoms with E-state index in [4.69, 9.17) is 16.3 Å². The molecule has 0 aromatic heterocycles. The summed E-state index contributed by atoms with van der Waals surface area (Å²) < 4.78 is 18.6. The largest absolute Gasteiger partial charge is 0.479 e. The number of benzene rings is 1. The molecule has 1 unspecified atom stereocenters. The number of alkyl halides is 1. The second kappa shape index (κ2) is 4.19. The Labute approximate surface area is 92.0 Å². The molecule has 80 valence electrons. The van der Waals surface area contributed by atoms with Crippen molar-refractivity contribution < 1.29 is 13.9 Å². The predicted molar refractivity (Wildman–Crippen MR) is 54.9 cm³/mol. The molecule has 1 atom stereocenters. The third kappa shape index (κ3) is 1.97. The molecule has 0 amide bonds. The van der Waals surface area contributed by atoms with Crippen LogP contribution in [0, 0.1) is 5.82 Å². The van der Waals surface area contributed by atoms with Crippen LogP contribution in [-0.4, -0.2) is 17.8 Å². The van der Waals surface area contributed by atoms with Crippen molar-refractivity contribution in [3.63, 3.8) is 0 Å². The molecule has 0 saturated carbocycles. The zero-order valence-corrected chi connectivity index (χ0v) is 8.76. The van der Waals surface area contributed by atoms with Gasteiger partial charge in [0.2, 0.25) is 0 Å². The van der Waals surface area contributed by atoms with Gasteiger partial charge in [-0.3, -0.25) is 4.79 Å². The van der Waals surface area contributed by atoms with Crippen LogP contribution in [0.3, 0.4) is 0 Å². The highest BCUT2D eigenvalue weighted by atomic mass is 35.5. The van der Waals surface area contributed by atoms with Crippen molar-refractivity contribution in [3.8, 4) is 5.75 Å². The lowest BCUT2D eigenvalue weighted by Gasteiger charge is -2.24. The number of carbonyl (C=O) groups excluding carboxylic acids is 1. The Morgan fingerprint density at radius 1 is 1.60 bits per heavy atom. The van der Waals surface area contributed by atoms with Crippen LogP contribution in [0.15, 0.2) is 18.2 Å². The summed E-state index contributed by atoms with van der Waals surface area (Å²) in [6.07, 6.45) is 0.634. The minimum absolute atomic E-state index is 0.0888. The number of hydrogen-bond acceptors (Lipinski definition) is 2. The van der Waals surface area contributed by atoms with E-state index in [1.165, 1.54) is 6.07 Å². The zero-order chi connectivity index (χ0) is 10.8. The topological polar surface area (TPSA) is 26.3 Å². The van der Waals surface area contributed by atoms with Gasteiger partial charge in [0.05, 0.1) is 5.88 Å². The second-order valence-electron chi connectivity index (χ2n) is 3.47. The highest BCUT2D eigenvalue weighted by molar-refractivity contribution is 6.28. The van der Waals surface area contributed by atoms with Crippen molar-refractivity contribution in [3.05, 3.63) is 29.6 Å². The molecule has 0 fully saturated rings. The molecule has 2 nitrogen and oxygen atoms in total. The number of hydrogen-bond donors (Lipinski definition) is 0. The van der Waals surface area contributed by atoms with Gasteiger partial charge in [-0.15, -0.1) is 11.6 Å². The van der Waals surface area contributed by atoms with Crippen LogP contribution in [0.1, 0.15) is 12.0 Å². The Morgan fingerprint density at radius 3 is 3.13 bits per heavy atom. The summed E-state index contributed by atoms with van der Waals surface area (Å²) in [5, 5.41) is 0. The summed E-state index contributed by atoms with van der Waals surface area (Å²) in [5.74, 6) is -0.494. The number of halogens is 2. The molecule has 15 heavy (non-hydrogen) atoms. The van der Waals surface area contributed by atoms with Gasteiger partial charge in [-0.25, -0.2) is 4.39 Å². The SMILES string of the molecule is O=C(CCl)C1CCc2cccc(F)c2O1. The molecule has 1 aliphatic heterocycles. The Bertz CT molecular complexity index is 392. The number of rotatable bonds is 2. The minimum Gasteiger partial charge on any atom is -0.479 e. The first kappa shape index (κ1) is 10.4. The number of ketones is 1. The van der Waals surface area contributed by atoms with Crippen LogP contribution >= 0.6 is 11.6 Å². The van der Waals surface area contributed by atoms with Gasteiger partial charge >= 0.3 is 0 Å². The maximum absolute atomic E-state index is 13.3. The summed E-state index contributed by atoms with van der Waals surface area (Å²) in [7, 11) is 0. The Hall–Kier alpha value is -1.09. The van der Waals surface area contributed by atoms with Crippen LogP contribution in [-0.2, 0) is 11.2 Å². The molecule has 0 aliphatic carbocycles. The van der Waals surface area contributed by atoms with E-state index in [1.807, 2.05) is 0 Å². The van der Waals surface area contributed by atoms with E-state index in [0.717, 1.165) is 5.56 Å². The van der Waals surface area contributed by atoms with E-state index in [2.05, 4.69) is 0 Å². The smallest absolute Gasteiger partial charge is 0.187 e. The van der Waals surface area contributed by atoms with Crippen LogP contribution in [0.2, 0.25) is 0 Å². The molecule has 2 rings (SSSR count). The van der Waals surface area contributed by atoms with E-state index in [0.29, 0.717) is 12.8 Å². The lowest BCUT2D eigenvalue weighted by Crippen LogP contribution is -2.32. The third-order valence-corrected chi connectivity index (χ3v) is 2.74. The normalized spacial score (nSPS) is 19.2. The van der Waals surface area contributed by atoms with Crippen molar-refractivity contribution in [2.75, 3.05) is 5.88 Å². The first-order chi connectivity index (χ1) is 7.22. The van der Waals surface area contributed by atoms with E-state index < -0.39 is 11.9 Å². The van der Waals surface area contributed by atoms with Gasteiger partial charge in [0.15, 0.2) is 23.5 Å². The van der Waals surface area contributed by atoms with Crippen molar-refractivity contribution >= 4 is 17.4 Å². The number of fused-ring (bicyclic) bond motifs is 1. The molecule has 1 aromatic carbocycles. The van der Waals surface area contributed by atoms with Crippen LogP contribution in [0.5, 0.6) is 5.75 Å². The number of para-hydroxylation sites is 1. The molecular weight excluding hydrogens is 219 g/mol. The molecule has 0 radical (unpaired) electrons. The fourth-order valence-corrected chi connectivity index (χ4v) is 1.85. The summed E-state index contributed by atoms with van der Waals surface area (Å²) >= 11 is 5.43. The van der Waals surface area contributed by atoms with Gasteiger partial charge < -0.3 is 4.74 Å². The summed E-state index contributed by atoms with van der Waals surface area (Å²) in [5.41, 5.74) is 0.814. The van der Waals surface area contributed by atoms with Crippen molar-refractivity contribution in [2.24, 2.45) is 0 Å². The molecule has 4 heteroatoms. The van der Waals surface area contributed by atoms with E-state index in [9.17, 15) is 9.18 Å². The predicted octanol–water partition coefficient (Wildman–Crippen LogP) is 2.33. The first-order valence-corrected chi connectivity index (χ1v) is 5.28. The average molecular weight is 229 g/mol. The highest BCUT2D eigenvalue weighted by Gasteiger charge is 2.26. The van der Waals surface area contributed by atoms with Crippen LogP contribution < -0.4 is 4.74 Å². The highest BCUT2D eigenvalue weighted by Crippen LogP contribution is 2.30. The van der Waals surface area contributed by atoms with Gasteiger partial charge in [-0.2, -0.15) is 0 Å². The summed E-state index contributed by atoms with van der Waals surface area (Å²) in [6.45, 7) is 0. The Balaban J connectivity index is 2.26. The maximum Gasteiger partial charge on any atom is 0.187 e. The quantitative estimate of drug-likeness (QED) is 0.727. The molecular formula is C11H10ClFO2. The van der Waals surface area contributed by atoms with Crippen molar-refractivity contribution in [1.82, 2.24) is 0 Å². The second-order valence-corrected chi connectivity index (χ2v) is 3.74. The van der Waals surface area contributed by atoms with Gasteiger partial charge in [-0.05, 0) is 24.5 Å². The zero-order valence-electron chi connectivity index (χ0n) is 8.00. The number of ether oxygens (including phenoxy) is 1. The minimum atomic E-state index is -0.591. The van der Waals surface area contributed by atoms with Gasteiger partial charge in [0.1, 0.15) is 0 Å². The van der Waals surface area contributed by atoms with Gasteiger partial charge in [0, 0.05) is 0 Å². The molecule has 1 aromatic rings. The monoisotopic (exact) mass is 228 g/mol. The number of carbonyl (C=O) groups is 1. The lowest BCUT2D eigenvalue weighted by molar-refractivity contribution is -0.124. The summed E-state index contributed by atoms with van der Waals surface area (Å²) in [6, 6.07) is 4.77. The first-order valence-electron chi connectivity index (χ1n) is 4.75. The molecule has 1 aliphatic rings. The number of Topliss-reactive ketones (excluding diaryl/α,β-unsaturated/α-hetero) is 1. The van der Waals surface area contributed by atoms with Gasteiger partial charge in [-0.1, -0.05) is 12.1 Å². The molecule has 0 saturated heterocycles. The van der Waals surface area contributed by atoms with Crippen LogP contribution in [0.25, 0.3) is 0 Å². The molecule has 0 N–H and O–H groups in total. The fourth-order valence-electron chi connectivity index (χ4n) is 1.68. The van der Waals surface area contributed by atoms with Crippen molar-refractivity contribution in [2.45, 2.75) is 18.9 Å².